The number of rotatable bonds is 6. The van der Waals surface area contributed by atoms with Crippen LogP contribution in [0.15, 0.2) is 24.5 Å². The molecule has 8 nitrogen and oxygen atoms in total. The minimum absolute atomic E-state index is 0.118. The first-order valence-electron chi connectivity index (χ1n) is 8.32. The molecule has 0 saturated carbocycles. The van der Waals surface area contributed by atoms with Gasteiger partial charge in [0.05, 0.1) is 16.6 Å². The number of carbonyl (C=O) groups is 2. The predicted octanol–water partition coefficient (Wildman–Crippen LogP) is 2.74. The number of aryl methyl sites for hydroxylation is 1. The Morgan fingerprint density at radius 2 is 2.04 bits per heavy atom. The second-order valence-corrected chi connectivity index (χ2v) is 6.52. The summed E-state index contributed by atoms with van der Waals surface area (Å²) >= 11 is 6.15. The lowest BCUT2D eigenvalue weighted by atomic mass is 10.0. The fourth-order valence-electron chi connectivity index (χ4n) is 2.46. The molecule has 0 fully saturated rings. The van der Waals surface area contributed by atoms with Crippen LogP contribution >= 0.6 is 11.6 Å². The van der Waals surface area contributed by atoms with Gasteiger partial charge in [0.2, 0.25) is 0 Å². The van der Waals surface area contributed by atoms with Gasteiger partial charge in [-0.15, -0.1) is 0 Å². The summed E-state index contributed by atoms with van der Waals surface area (Å²) in [7, 11) is 1.77. The Kier molecular flexibility index (Phi) is 6.57. The van der Waals surface area contributed by atoms with Crippen LogP contribution < -0.4 is 16.0 Å². The second kappa shape index (κ2) is 8.66. The highest BCUT2D eigenvalue weighted by Gasteiger charge is 2.22. The van der Waals surface area contributed by atoms with E-state index in [0.29, 0.717) is 23.6 Å². The Labute approximate surface area is 157 Å². The van der Waals surface area contributed by atoms with E-state index in [0.717, 1.165) is 0 Å². The van der Waals surface area contributed by atoms with Crippen LogP contribution in [-0.4, -0.2) is 33.2 Å². The van der Waals surface area contributed by atoms with E-state index in [4.69, 9.17) is 11.6 Å². The van der Waals surface area contributed by atoms with Crippen molar-refractivity contribution in [2.45, 2.75) is 26.8 Å². The maximum absolute atomic E-state index is 12.4. The maximum atomic E-state index is 12.4. The molecule has 26 heavy (non-hydrogen) atoms. The molecule has 0 unspecified atom stereocenters. The molecular weight excluding hydrogens is 356 g/mol. The lowest BCUT2D eigenvalue weighted by Crippen LogP contribution is -2.36. The predicted molar refractivity (Wildman–Crippen MR) is 100 cm³/mol. The minimum atomic E-state index is -0.395. The van der Waals surface area contributed by atoms with E-state index >= 15 is 0 Å². The van der Waals surface area contributed by atoms with E-state index in [9.17, 15) is 9.59 Å². The van der Waals surface area contributed by atoms with Gasteiger partial charge in [-0.2, -0.15) is 5.10 Å². The highest BCUT2D eigenvalue weighted by Crippen LogP contribution is 2.22. The third-order valence-electron chi connectivity index (χ3n) is 3.79. The van der Waals surface area contributed by atoms with Crippen molar-refractivity contribution < 1.29 is 9.59 Å². The molecule has 1 atom stereocenters. The van der Waals surface area contributed by atoms with Crippen molar-refractivity contribution in [3.63, 3.8) is 0 Å². The lowest BCUT2D eigenvalue weighted by Gasteiger charge is -2.21. The number of nitrogens with one attached hydrogen (secondary N) is 3. The summed E-state index contributed by atoms with van der Waals surface area (Å²) in [6.45, 7) is 6.31. The number of nitrogens with zero attached hydrogens (tertiary/aromatic N) is 3. The summed E-state index contributed by atoms with van der Waals surface area (Å²) in [5.41, 5.74) is 0.847. The quantitative estimate of drug-likeness (QED) is 0.719. The first-order valence-corrected chi connectivity index (χ1v) is 8.70. The molecule has 9 heteroatoms. The van der Waals surface area contributed by atoms with Crippen molar-refractivity contribution >= 4 is 29.2 Å². The van der Waals surface area contributed by atoms with Crippen LogP contribution in [0, 0.1) is 5.92 Å². The molecule has 1 heterocycles. The highest BCUT2D eigenvalue weighted by molar-refractivity contribution is 6.34. The summed E-state index contributed by atoms with van der Waals surface area (Å²) in [5.74, 6) is 0.530. The van der Waals surface area contributed by atoms with Gasteiger partial charge in [-0.3, -0.25) is 9.48 Å². The maximum Gasteiger partial charge on any atom is 0.319 e. The smallest absolute Gasteiger partial charge is 0.319 e. The number of hydrogen-bond donors (Lipinski definition) is 3. The molecule has 1 aromatic heterocycles. The van der Waals surface area contributed by atoms with Gasteiger partial charge < -0.3 is 16.0 Å². The van der Waals surface area contributed by atoms with Gasteiger partial charge in [-0.25, -0.2) is 9.78 Å². The molecule has 140 valence electrons. The Morgan fingerprint density at radius 1 is 1.31 bits per heavy atom. The van der Waals surface area contributed by atoms with Gasteiger partial charge in [0.1, 0.15) is 12.2 Å². The van der Waals surface area contributed by atoms with Gasteiger partial charge in [-0.1, -0.05) is 25.4 Å². The average Bonchev–Trinajstić information content (AvgIpc) is 2.98. The van der Waals surface area contributed by atoms with Crippen LogP contribution in [0.2, 0.25) is 5.02 Å². The molecule has 2 aromatic rings. The number of halogens is 1. The molecule has 1 aromatic carbocycles. The lowest BCUT2D eigenvalue weighted by molar-refractivity contribution is 0.0956. The zero-order valence-electron chi connectivity index (χ0n) is 15.2. The molecule has 3 amide bonds. The van der Waals surface area contributed by atoms with Crippen molar-refractivity contribution in [1.82, 2.24) is 25.4 Å². The van der Waals surface area contributed by atoms with Gasteiger partial charge in [0.25, 0.3) is 5.91 Å². The summed E-state index contributed by atoms with van der Waals surface area (Å²) in [6.07, 6.45) is 1.45. The largest absolute Gasteiger partial charge is 0.352 e. The zero-order chi connectivity index (χ0) is 19.3. The van der Waals surface area contributed by atoms with Crippen molar-refractivity contribution in [2.24, 2.45) is 13.0 Å². The molecule has 0 bridgehead atoms. The van der Waals surface area contributed by atoms with Crippen LogP contribution in [0.5, 0.6) is 0 Å². The number of benzene rings is 1. The van der Waals surface area contributed by atoms with Gasteiger partial charge in [0.15, 0.2) is 0 Å². The fourth-order valence-corrected chi connectivity index (χ4v) is 2.72. The third kappa shape index (κ3) is 4.72. The number of amides is 3. The normalized spacial score (nSPS) is 11.9. The Balaban J connectivity index is 2.08. The highest BCUT2D eigenvalue weighted by atomic mass is 35.5. The molecule has 2 rings (SSSR count). The number of carbonyl (C=O) groups excluding carboxylic acids is 2. The van der Waals surface area contributed by atoms with Crippen molar-refractivity contribution in [2.75, 3.05) is 11.9 Å². The van der Waals surface area contributed by atoms with Crippen LogP contribution in [0.25, 0.3) is 0 Å². The SMILES string of the molecule is CCNC(=O)c1ccc(NC(=O)N[C@@H](c2ncnn2C)C(C)C)cc1Cl. The molecular formula is C17H23ClN6O2. The first-order chi connectivity index (χ1) is 12.3. The number of hydrogen-bond acceptors (Lipinski definition) is 4. The minimum Gasteiger partial charge on any atom is -0.352 e. The van der Waals surface area contributed by atoms with E-state index in [1.165, 1.54) is 6.33 Å². The second-order valence-electron chi connectivity index (χ2n) is 6.12. The molecule has 0 saturated heterocycles. The van der Waals surface area contributed by atoms with E-state index in [1.54, 1.807) is 29.9 Å². The van der Waals surface area contributed by atoms with Crippen molar-refractivity contribution in [3.05, 3.63) is 40.9 Å². The number of aromatic nitrogens is 3. The zero-order valence-corrected chi connectivity index (χ0v) is 16.0. The Bertz CT molecular complexity index is 789. The summed E-state index contributed by atoms with van der Waals surface area (Å²) in [6, 6.07) is 4.05. The molecule has 0 aliphatic heterocycles. The summed E-state index contributed by atoms with van der Waals surface area (Å²) < 4.78 is 1.63. The first kappa shape index (κ1) is 19.7. The van der Waals surface area contributed by atoms with Crippen LogP contribution in [0.4, 0.5) is 10.5 Å². The molecule has 0 spiro atoms. The Morgan fingerprint density at radius 3 is 2.58 bits per heavy atom. The van der Waals surface area contributed by atoms with E-state index in [1.807, 2.05) is 20.8 Å². The fraction of sp³-hybridized carbons (Fsp3) is 0.412. The molecule has 0 aliphatic carbocycles. The monoisotopic (exact) mass is 378 g/mol. The van der Waals surface area contributed by atoms with Crippen molar-refractivity contribution in [1.29, 1.82) is 0 Å². The summed E-state index contributed by atoms with van der Waals surface area (Å²) in [5, 5.41) is 12.6. The topological polar surface area (TPSA) is 101 Å². The van der Waals surface area contributed by atoms with E-state index < -0.39 is 6.03 Å². The van der Waals surface area contributed by atoms with E-state index in [2.05, 4.69) is 26.0 Å². The Hall–Kier alpha value is -2.61. The van der Waals surface area contributed by atoms with Crippen LogP contribution in [-0.2, 0) is 7.05 Å². The third-order valence-corrected chi connectivity index (χ3v) is 4.10. The van der Waals surface area contributed by atoms with Crippen molar-refractivity contribution in [3.8, 4) is 0 Å². The van der Waals surface area contributed by atoms with E-state index in [-0.39, 0.29) is 22.9 Å². The standard InChI is InChI=1S/C17H23ClN6O2/c1-5-19-16(25)12-7-6-11(8-13(12)18)22-17(26)23-14(10(2)3)15-20-9-21-24(15)4/h6-10,14H,5H2,1-4H3,(H,19,25)(H2,22,23,26)/t14-/m1/s1. The van der Waals surface area contributed by atoms with Crippen LogP contribution in [0.1, 0.15) is 43.0 Å². The molecule has 0 radical (unpaired) electrons. The molecule has 3 N–H and O–H groups in total. The van der Waals surface area contributed by atoms with Gasteiger partial charge in [-0.05, 0) is 31.0 Å². The number of anilines is 1. The van der Waals surface area contributed by atoms with Gasteiger partial charge in [0, 0.05) is 19.3 Å². The summed E-state index contributed by atoms with van der Waals surface area (Å²) in [4.78, 5) is 28.4. The van der Waals surface area contributed by atoms with Crippen LogP contribution in [0.3, 0.4) is 0 Å². The number of urea groups is 1. The average molecular weight is 379 g/mol. The molecule has 0 aliphatic rings. The van der Waals surface area contributed by atoms with Gasteiger partial charge >= 0.3 is 6.03 Å².